The van der Waals surface area contributed by atoms with Crippen LogP contribution in [0.1, 0.15) is 17.2 Å². The smallest absolute Gasteiger partial charge is 0.188 e. The normalized spacial score (nSPS) is 10.3. The molecule has 0 aliphatic carbocycles. The van der Waals surface area contributed by atoms with Crippen molar-refractivity contribution in [2.45, 2.75) is 6.04 Å². The van der Waals surface area contributed by atoms with Crippen LogP contribution in [0.25, 0.3) is 0 Å². The Morgan fingerprint density at radius 1 is 0.944 bits per heavy atom. The van der Waals surface area contributed by atoms with Gasteiger partial charge in [-0.3, -0.25) is 5.41 Å². The van der Waals surface area contributed by atoms with Gasteiger partial charge in [0.2, 0.25) is 0 Å². The van der Waals surface area contributed by atoms with Crippen LogP contribution < -0.4 is 5.73 Å². The Hall–Kier alpha value is -2.29. The van der Waals surface area contributed by atoms with Crippen molar-refractivity contribution in [3.05, 3.63) is 71.8 Å². The largest absolute Gasteiger partial charge is 0.370 e. The quantitative estimate of drug-likeness (QED) is 0.639. The molecule has 2 rings (SSSR count). The van der Waals surface area contributed by atoms with Crippen molar-refractivity contribution in [2.24, 2.45) is 5.73 Å². The summed E-state index contributed by atoms with van der Waals surface area (Å²) in [6.45, 7) is 0. The minimum Gasteiger partial charge on any atom is -0.370 e. The Kier molecular flexibility index (Phi) is 3.63. The van der Waals surface area contributed by atoms with Gasteiger partial charge in [0.1, 0.15) is 0 Å². The molecule has 0 aliphatic rings. The zero-order valence-electron chi connectivity index (χ0n) is 10.4. The van der Waals surface area contributed by atoms with Crippen molar-refractivity contribution in [3.8, 4) is 0 Å². The second-order valence-electron chi connectivity index (χ2n) is 4.22. The van der Waals surface area contributed by atoms with E-state index in [4.69, 9.17) is 11.1 Å². The lowest BCUT2D eigenvalue weighted by Gasteiger charge is -2.29. The molecule has 0 spiro atoms. The third kappa shape index (κ3) is 2.51. The monoisotopic (exact) mass is 239 g/mol. The second kappa shape index (κ2) is 5.36. The fraction of sp³-hybridized carbons (Fsp3) is 0.133. The van der Waals surface area contributed by atoms with E-state index in [1.807, 2.05) is 43.4 Å². The van der Waals surface area contributed by atoms with Gasteiger partial charge in [-0.05, 0) is 11.1 Å². The van der Waals surface area contributed by atoms with Gasteiger partial charge in [-0.25, -0.2) is 0 Å². The summed E-state index contributed by atoms with van der Waals surface area (Å²) in [6, 6.07) is 20.2. The van der Waals surface area contributed by atoms with Crippen molar-refractivity contribution >= 4 is 5.96 Å². The third-order valence-electron chi connectivity index (χ3n) is 3.00. The SMILES string of the molecule is CN(C(=N)N)C(c1ccccc1)c1ccccc1. The molecule has 2 aromatic rings. The molecule has 18 heavy (non-hydrogen) atoms. The number of hydrogen-bond donors (Lipinski definition) is 2. The van der Waals surface area contributed by atoms with Crippen LogP contribution in [0.15, 0.2) is 60.7 Å². The van der Waals surface area contributed by atoms with E-state index in [-0.39, 0.29) is 12.0 Å². The standard InChI is InChI=1S/C15H17N3/c1-18(15(16)17)14(12-8-4-2-5-9-12)13-10-6-3-7-11-13/h2-11,14H,1H3,(H3,16,17). The number of guanidine groups is 1. The fourth-order valence-electron chi connectivity index (χ4n) is 2.05. The maximum atomic E-state index is 7.63. The molecule has 2 aromatic carbocycles. The summed E-state index contributed by atoms with van der Waals surface area (Å²) >= 11 is 0. The van der Waals surface area contributed by atoms with Gasteiger partial charge in [-0.2, -0.15) is 0 Å². The van der Waals surface area contributed by atoms with Crippen molar-refractivity contribution < 1.29 is 0 Å². The van der Waals surface area contributed by atoms with Crippen LogP contribution in [0.4, 0.5) is 0 Å². The van der Waals surface area contributed by atoms with Crippen LogP contribution in [0.2, 0.25) is 0 Å². The highest BCUT2D eigenvalue weighted by Gasteiger charge is 2.19. The fourth-order valence-corrected chi connectivity index (χ4v) is 2.05. The topological polar surface area (TPSA) is 53.1 Å². The van der Waals surface area contributed by atoms with Crippen LogP contribution in [0.3, 0.4) is 0 Å². The lowest BCUT2D eigenvalue weighted by Crippen LogP contribution is -2.36. The van der Waals surface area contributed by atoms with E-state index in [1.54, 1.807) is 4.90 Å². The average Bonchev–Trinajstić information content (AvgIpc) is 2.41. The van der Waals surface area contributed by atoms with Crippen LogP contribution in [-0.4, -0.2) is 17.9 Å². The Labute approximate surface area is 107 Å². The third-order valence-corrected chi connectivity index (χ3v) is 3.00. The van der Waals surface area contributed by atoms with E-state index in [0.29, 0.717) is 0 Å². The molecule has 3 heteroatoms. The van der Waals surface area contributed by atoms with Gasteiger partial charge < -0.3 is 10.6 Å². The maximum absolute atomic E-state index is 7.63. The average molecular weight is 239 g/mol. The Morgan fingerprint density at radius 2 is 1.33 bits per heavy atom. The van der Waals surface area contributed by atoms with E-state index in [2.05, 4.69) is 24.3 Å². The molecular weight excluding hydrogens is 222 g/mol. The zero-order chi connectivity index (χ0) is 13.0. The number of benzene rings is 2. The van der Waals surface area contributed by atoms with Gasteiger partial charge in [0.05, 0.1) is 6.04 Å². The Balaban J connectivity index is 2.45. The lowest BCUT2D eigenvalue weighted by atomic mass is 9.98. The molecule has 0 aromatic heterocycles. The summed E-state index contributed by atoms with van der Waals surface area (Å²) < 4.78 is 0. The van der Waals surface area contributed by atoms with Crippen LogP contribution >= 0.6 is 0 Å². The van der Waals surface area contributed by atoms with E-state index < -0.39 is 0 Å². The van der Waals surface area contributed by atoms with Gasteiger partial charge in [0, 0.05) is 7.05 Å². The molecule has 3 N–H and O–H groups in total. The maximum Gasteiger partial charge on any atom is 0.188 e. The van der Waals surface area contributed by atoms with Gasteiger partial charge in [-0.15, -0.1) is 0 Å². The van der Waals surface area contributed by atoms with Gasteiger partial charge >= 0.3 is 0 Å². The number of hydrogen-bond acceptors (Lipinski definition) is 1. The first-order valence-corrected chi connectivity index (χ1v) is 5.87. The molecule has 0 fully saturated rings. The summed E-state index contributed by atoms with van der Waals surface area (Å²) in [7, 11) is 1.84. The summed E-state index contributed by atoms with van der Waals surface area (Å²) in [4.78, 5) is 1.77. The van der Waals surface area contributed by atoms with E-state index >= 15 is 0 Å². The predicted molar refractivity (Wildman–Crippen MR) is 74.4 cm³/mol. The number of nitrogens with one attached hydrogen (secondary N) is 1. The molecule has 0 saturated carbocycles. The number of rotatable bonds is 3. The molecule has 3 nitrogen and oxygen atoms in total. The summed E-state index contributed by atoms with van der Waals surface area (Å²) in [5.74, 6) is 0.0627. The summed E-state index contributed by atoms with van der Waals surface area (Å²) in [5.41, 5.74) is 7.87. The minimum absolute atomic E-state index is 0.0232. The predicted octanol–water partition coefficient (Wildman–Crippen LogP) is 2.60. The summed E-state index contributed by atoms with van der Waals surface area (Å²) in [6.07, 6.45) is 0. The minimum atomic E-state index is -0.0232. The zero-order valence-corrected chi connectivity index (χ0v) is 10.4. The van der Waals surface area contributed by atoms with E-state index in [1.165, 1.54) is 0 Å². The lowest BCUT2D eigenvalue weighted by molar-refractivity contribution is 0.420. The summed E-state index contributed by atoms with van der Waals surface area (Å²) in [5, 5.41) is 7.63. The molecule has 0 atom stereocenters. The molecule has 0 heterocycles. The van der Waals surface area contributed by atoms with Crippen LogP contribution in [-0.2, 0) is 0 Å². The number of nitrogens with two attached hydrogens (primary N) is 1. The first kappa shape index (κ1) is 12.2. The van der Waals surface area contributed by atoms with Crippen LogP contribution in [0, 0.1) is 5.41 Å². The highest BCUT2D eigenvalue weighted by Crippen LogP contribution is 2.26. The van der Waals surface area contributed by atoms with Crippen molar-refractivity contribution in [3.63, 3.8) is 0 Å². The van der Waals surface area contributed by atoms with E-state index in [0.717, 1.165) is 11.1 Å². The first-order valence-electron chi connectivity index (χ1n) is 5.87. The van der Waals surface area contributed by atoms with Gasteiger partial charge in [0.25, 0.3) is 0 Å². The number of nitrogens with zero attached hydrogens (tertiary/aromatic N) is 1. The van der Waals surface area contributed by atoms with Gasteiger partial charge in [-0.1, -0.05) is 60.7 Å². The molecule has 0 aliphatic heterocycles. The Bertz CT molecular complexity index is 468. The van der Waals surface area contributed by atoms with Crippen molar-refractivity contribution in [1.82, 2.24) is 4.90 Å². The second-order valence-corrected chi connectivity index (χ2v) is 4.22. The highest BCUT2D eigenvalue weighted by atomic mass is 15.2. The first-order chi connectivity index (χ1) is 8.70. The molecule has 0 saturated heterocycles. The van der Waals surface area contributed by atoms with Crippen molar-refractivity contribution in [2.75, 3.05) is 7.05 Å². The molecule has 0 bridgehead atoms. The van der Waals surface area contributed by atoms with Gasteiger partial charge in [0.15, 0.2) is 5.96 Å². The molecular formula is C15H17N3. The molecule has 0 radical (unpaired) electrons. The molecule has 92 valence electrons. The molecule has 0 amide bonds. The highest BCUT2D eigenvalue weighted by molar-refractivity contribution is 5.75. The van der Waals surface area contributed by atoms with E-state index in [9.17, 15) is 0 Å². The van der Waals surface area contributed by atoms with Crippen LogP contribution in [0.5, 0.6) is 0 Å². The molecule has 0 unspecified atom stereocenters. The van der Waals surface area contributed by atoms with Crippen molar-refractivity contribution in [1.29, 1.82) is 5.41 Å². The Morgan fingerprint density at radius 3 is 1.67 bits per heavy atom.